The maximum atomic E-state index is 14.0. The molecule has 17 nitrogen and oxygen atoms in total. The van der Waals surface area contributed by atoms with Gasteiger partial charge in [0.2, 0.25) is 6.29 Å². The van der Waals surface area contributed by atoms with Gasteiger partial charge in [-0.15, -0.1) is 0 Å². The summed E-state index contributed by atoms with van der Waals surface area (Å²) in [6, 6.07) is 12.6. The van der Waals surface area contributed by atoms with E-state index in [1.165, 1.54) is 50.4 Å². The van der Waals surface area contributed by atoms with E-state index in [0.29, 0.717) is 27.8 Å². The molecule has 63 heavy (non-hydrogen) atoms. The van der Waals surface area contributed by atoms with E-state index in [2.05, 4.69) is 5.32 Å². The first-order valence-corrected chi connectivity index (χ1v) is 22.3. The highest BCUT2D eigenvalue weighted by atomic mass is 35.5. The van der Waals surface area contributed by atoms with Crippen LogP contribution >= 0.6 is 23.2 Å². The van der Waals surface area contributed by atoms with Crippen LogP contribution in [0.15, 0.2) is 70.2 Å². The zero-order valence-corrected chi connectivity index (χ0v) is 37.2. The lowest BCUT2D eigenvalue weighted by Gasteiger charge is -2.30. The zero-order chi connectivity index (χ0) is 46.2. The molecule has 2 N–H and O–H groups in total. The van der Waals surface area contributed by atoms with Gasteiger partial charge in [-0.2, -0.15) is 0 Å². The van der Waals surface area contributed by atoms with Crippen LogP contribution in [0.1, 0.15) is 65.1 Å². The molecule has 338 valence electrons. The maximum absolute atomic E-state index is 14.0. The summed E-state index contributed by atoms with van der Waals surface area (Å²) in [6.07, 6.45) is -1.86. The second-order valence-corrected chi connectivity index (χ2v) is 17.9. The van der Waals surface area contributed by atoms with Crippen LogP contribution < -0.4 is 5.32 Å². The van der Waals surface area contributed by atoms with Gasteiger partial charge >= 0.3 is 24.1 Å². The molecule has 1 aliphatic heterocycles. The molecule has 2 amide bonds. The third kappa shape index (κ3) is 12.9. The summed E-state index contributed by atoms with van der Waals surface area (Å²) in [7, 11) is -3.67. The maximum Gasteiger partial charge on any atom is 0.511 e. The van der Waals surface area contributed by atoms with Crippen LogP contribution in [0.5, 0.6) is 0 Å². The third-order valence-corrected chi connectivity index (χ3v) is 11.5. The summed E-state index contributed by atoms with van der Waals surface area (Å²) in [5, 5.41) is 12.8. The first-order chi connectivity index (χ1) is 29.7. The minimum atomic E-state index is -3.67. The number of esters is 3. The Morgan fingerprint density at radius 1 is 0.873 bits per heavy atom. The smallest absolute Gasteiger partial charge is 0.465 e. The number of benzene rings is 3. The first-order valence-electron chi connectivity index (χ1n) is 19.6. The standard InChI is InChI=1S/C43H46Cl2N2O15S/c1-23(2)40(51)58-20-27(21-59-41(52)24(3)48)22-60-43(54)62-25(4)61-42(53)34(16-26-7-6-8-31(15-26)63(5,55)56)46-38(49)36-33(44)17-30-19-47(13-11-32(30)37(36)45)39(50)29-10-9-28-12-14-57-35(28)18-29/h6-10,12,14-15,17-18,23-25,27,34,48H,11,13,16,19-22H2,1-5H3,(H,46,49)/t24-,25?,27?,34+/m1/s1. The van der Waals surface area contributed by atoms with Crippen LogP contribution in [0.3, 0.4) is 0 Å². The lowest BCUT2D eigenvalue weighted by atomic mass is 9.95. The van der Waals surface area contributed by atoms with Crippen molar-refractivity contribution in [3.8, 4) is 0 Å². The second-order valence-electron chi connectivity index (χ2n) is 15.1. The Morgan fingerprint density at radius 2 is 1.57 bits per heavy atom. The molecule has 0 spiro atoms. The molecule has 0 bridgehead atoms. The molecule has 4 aromatic rings. The fraction of sp³-hybridized carbons (Fsp3) is 0.395. The van der Waals surface area contributed by atoms with Crippen molar-refractivity contribution in [2.45, 2.75) is 70.4 Å². The molecule has 1 aromatic heterocycles. The van der Waals surface area contributed by atoms with Gasteiger partial charge in [-0.3, -0.25) is 14.4 Å². The summed E-state index contributed by atoms with van der Waals surface area (Å²) in [4.78, 5) is 79.2. The molecular weight excluding hydrogens is 887 g/mol. The van der Waals surface area contributed by atoms with Crippen LogP contribution in [0.2, 0.25) is 10.0 Å². The molecule has 4 atom stereocenters. The van der Waals surface area contributed by atoms with E-state index in [1.54, 1.807) is 43.0 Å². The van der Waals surface area contributed by atoms with E-state index in [9.17, 15) is 42.3 Å². The van der Waals surface area contributed by atoms with Crippen LogP contribution in [0, 0.1) is 11.8 Å². The molecule has 2 unspecified atom stereocenters. The van der Waals surface area contributed by atoms with Crippen molar-refractivity contribution in [1.29, 1.82) is 0 Å². The van der Waals surface area contributed by atoms with Crippen LogP contribution in [0.4, 0.5) is 4.79 Å². The summed E-state index contributed by atoms with van der Waals surface area (Å²) in [5.74, 6) is -5.10. The number of halogens is 2. The SMILES string of the molecule is CC(OC(=O)OCC(COC(=O)C(C)C)COC(=O)[C@@H](C)O)OC(=O)[C@H](Cc1cccc(S(C)(=O)=O)c1)NC(=O)c1c(Cl)cc2c(c1Cl)CCN(C(=O)c1ccc3ccoc3c1)C2. The molecule has 2 heterocycles. The number of hydrogen-bond donors (Lipinski definition) is 2. The fourth-order valence-electron chi connectivity index (χ4n) is 6.32. The number of aliphatic hydroxyl groups excluding tert-OH is 1. The molecule has 20 heteroatoms. The Bertz CT molecular complexity index is 2460. The van der Waals surface area contributed by atoms with Crippen molar-refractivity contribution in [2.24, 2.45) is 11.8 Å². The highest BCUT2D eigenvalue weighted by Gasteiger charge is 2.32. The number of ether oxygens (including phenoxy) is 5. The number of sulfone groups is 1. The van der Waals surface area contributed by atoms with Gasteiger partial charge in [0, 0.05) is 43.6 Å². The van der Waals surface area contributed by atoms with Gasteiger partial charge in [-0.1, -0.05) is 55.2 Å². The van der Waals surface area contributed by atoms with Crippen molar-refractivity contribution < 1.29 is 70.4 Å². The van der Waals surface area contributed by atoms with E-state index in [4.69, 9.17) is 51.3 Å². The predicted molar refractivity (Wildman–Crippen MR) is 226 cm³/mol. The number of aliphatic hydroxyl groups is 1. The molecule has 0 fully saturated rings. The van der Waals surface area contributed by atoms with E-state index in [-0.39, 0.29) is 58.9 Å². The highest BCUT2D eigenvalue weighted by Crippen LogP contribution is 2.35. The summed E-state index contributed by atoms with van der Waals surface area (Å²) in [6.45, 7) is 4.80. The Balaban J connectivity index is 1.29. The average molecular weight is 934 g/mol. The fourth-order valence-corrected chi connectivity index (χ4v) is 7.78. The number of carbonyl (C=O) groups is 6. The number of nitrogens with one attached hydrogen (secondary N) is 1. The van der Waals surface area contributed by atoms with E-state index in [1.807, 2.05) is 0 Å². The Hall–Kier alpha value is -5.69. The number of fused-ring (bicyclic) bond motifs is 2. The lowest BCUT2D eigenvalue weighted by Crippen LogP contribution is -2.45. The first kappa shape index (κ1) is 48.3. The van der Waals surface area contributed by atoms with Crippen molar-refractivity contribution in [3.05, 3.63) is 98.7 Å². The minimum absolute atomic E-state index is 0.00246. The molecule has 0 aliphatic carbocycles. The predicted octanol–water partition coefficient (Wildman–Crippen LogP) is 5.46. The normalized spacial score (nSPS) is 14.5. The highest BCUT2D eigenvalue weighted by molar-refractivity contribution is 7.90. The third-order valence-electron chi connectivity index (χ3n) is 9.69. The largest absolute Gasteiger partial charge is 0.511 e. The Kier molecular flexibility index (Phi) is 16.2. The van der Waals surface area contributed by atoms with Gasteiger partial charge in [-0.25, -0.2) is 22.8 Å². The molecule has 3 aromatic carbocycles. The van der Waals surface area contributed by atoms with Crippen LogP contribution in [-0.4, -0.2) is 105 Å². The minimum Gasteiger partial charge on any atom is -0.465 e. The quantitative estimate of drug-likeness (QED) is 0.0760. The van der Waals surface area contributed by atoms with Crippen LogP contribution in [0.25, 0.3) is 11.0 Å². The van der Waals surface area contributed by atoms with Gasteiger partial charge in [-0.05, 0) is 66.4 Å². The second kappa shape index (κ2) is 21.1. The van der Waals surface area contributed by atoms with Crippen molar-refractivity contribution >= 4 is 79.9 Å². The zero-order valence-electron chi connectivity index (χ0n) is 34.9. The van der Waals surface area contributed by atoms with Crippen molar-refractivity contribution in [2.75, 3.05) is 32.6 Å². The summed E-state index contributed by atoms with van der Waals surface area (Å²) in [5.41, 5.74) is 2.31. The van der Waals surface area contributed by atoms with Gasteiger partial charge in [0.05, 0.1) is 38.6 Å². The molecular formula is C43H46Cl2N2O15S. The number of nitrogens with zero attached hydrogens (tertiary/aromatic N) is 1. The topological polar surface area (TPSA) is 231 Å². The van der Waals surface area contributed by atoms with Gasteiger partial charge < -0.3 is 43.4 Å². The van der Waals surface area contributed by atoms with Crippen molar-refractivity contribution in [1.82, 2.24) is 10.2 Å². The number of furan rings is 1. The van der Waals surface area contributed by atoms with E-state index >= 15 is 0 Å². The number of amides is 2. The Labute approximate surface area is 372 Å². The van der Waals surface area contributed by atoms with Gasteiger partial charge in [0.15, 0.2) is 9.84 Å². The average Bonchev–Trinajstić information content (AvgIpc) is 3.70. The lowest BCUT2D eigenvalue weighted by molar-refractivity contribution is -0.170. The molecule has 5 rings (SSSR count). The van der Waals surface area contributed by atoms with Crippen molar-refractivity contribution in [3.63, 3.8) is 0 Å². The summed E-state index contributed by atoms with van der Waals surface area (Å²) >= 11 is 13.5. The van der Waals surface area contributed by atoms with Gasteiger partial charge in [0.25, 0.3) is 11.8 Å². The molecule has 1 aliphatic rings. The molecule has 0 saturated heterocycles. The molecule has 0 radical (unpaired) electrons. The number of carbonyl (C=O) groups excluding carboxylic acids is 6. The monoisotopic (exact) mass is 932 g/mol. The van der Waals surface area contributed by atoms with E-state index in [0.717, 1.165) is 11.6 Å². The van der Waals surface area contributed by atoms with Crippen LogP contribution in [-0.2, 0) is 67.3 Å². The number of rotatable bonds is 17. The Morgan fingerprint density at radius 3 is 2.25 bits per heavy atom. The van der Waals surface area contributed by atoms with Gasteiger partial charge in [0.1, 0.15) is 37.5 Å². The van der Waals surface area contributed by atoms with E-state index < -0.39 is 83.3 Å². The number of hydrogen-bond acceptors (Lipinski definition) is 15. The molecule has 0 saturated carbocycles. The summed E-state index contributed by atoms with van der Waals surface area (Å²) < 4.78 is 55.8.